The van der Waals surface area contributed by atoms with Crippen LogP contribution in [0.2, 0.25) is 5.02 Å². The lowest BCUT2D eigenvalue weighted by atomic mass is 9.97. The molecule has 0 aromatic heterocycles. The lowest BCUT2D eigenvalue weighted by molar-refractivity contribution is 0.118. The van der Waals surface area contributed by atoms with E-state index in [2.05, 4.69) is 4.90 Å². The minimum Gasteiger partial charge on any atom is -0.328 e. The Morgan fingerprint density at radius 3 is 2.61 bits per heavy atom. The van der Waals surface area contributed by atoms with Gasteiger partial charge in [-0.1, -0.05) is 11.6 Å². The first-order valence-electron chi connectivity index (χ1n) is 6.59. The highest BCUT2D eigenvalue weighted by Crippen LogP contribution is 2.36. The summed E-state index contributed by atoms with van der Waals surface area (Å²) >= 11 is 5.94. The molecular formula is C14H18ClFN2. The van der Waals surface area contributed by atoms with E-state index >= 15 is 0 Å². The third-order valence-corrected chi connectivity index (χ3v) is 4.52. The number of halogens is 2. The summed E-state index contributed by atoms with van der Waals surface area (Å²) in [6.07, 6.45) is 4.47. The van der Waals surface area contributed by atoms with Crippen LogP contribution in [0.15, 0.2) is 18.2 Å². The number of hydrogen-bond donors (Lipinski definition) is 1. The van der Waals surface area contributed by atoms with Crippen molar-refractivity contribution in [3.05, 3.63) is 34.6 Å². The van der Waals surface area contributed by atoms with Gasteiger partial charge in [0.05, 0.1) is 0 Å². The number of nitrogens with zero attached hydrogens (tertiary/aromatic N) is 1. The molecule has 2 nitrogen and oxygen atoms in total. The molecule has 2 heterocycles. The lowest BCUT2D eigenvalue weighted by Gasteiger charge is -2.37. The van der Waals surface area contributed by atoms with Gasteiger partial charge in [-0.2, -0.15) is 0 Å². The van der Waals surface area contributed by atoms with Gasteiger partial charge in [0, 0.05) is 35.3 Å². The molecule has 0 saturated carbocycles. The highest BCUT2D eigenvalue weighted by atomic mass is 35.5. The van der Waals surface area contributed by atoms with Crippen molar-refractivity contribution in [2.75, 3.05) is 0 Å². The van der Waals surface area contributed by atoms with Crippen molar-refractivity contribution in [1.29, 1.82) is 0 Å². The van der Waals surface area contributed by atoms with Crippen LogP contribution in [0.1, 0.15) is 31.2 Å². The third-order valence-electron chi connectivity index (χ3n) is 4.28. The first-order valence-corrected chi connectivity index (χ1v) is 6.96. The number of piperidine rings is 1. The molecule has 4 heteroatoms. The van der Waals surface area contributed by atoms with E-state index in [4.69, 9.17) is 17.3 Å². The number of fused-ring (bicyclic) bond motifs is 2. The lowest BCUT2D eigenvalue weighted by Crippen LogP contribution is -2.46. The Kier molecular flexibility index (Phi) is 3.31. The Balaban J connectivity index is 1.79. The fraction of sp³-hybridized carbons (Fsp3) is 0.571. The largest absolute Gasteiger partial charge is 0.328 e. The predicted octanol–water partition coefficient (Wildman–Crippen LogP) is 2.93. The molecule has 0 radical (unpaired) electrons. The van der Waals surface area contributed by atoms with Gasteiger partial charge < -0.3 is 5.73 Å². The summed E-state index contributed by atoms with van der Waals surface area (Å²) in [6.45, 7) is 0.661. The molecule has 2 saturated heterocycles. The summed E-state index contributed by atoms with van der Waals surface area (Å²) in [5.41, 5.74) is 6.75. The van der Waals surface area contributed by atoms with Crippen LogP contribution in [0, 0.1) is 5.82 Å². The smallest absolute Gasteiger partial charge is 0.127 e. The number of benzene rings is 1. The average Bonchev–Trinajstić information content (AvgIpc) is 2.57. The van der Waals surface area contributed by atoms with Crippen LogP contribution in [0.25, 0.3) is 0 Å². The molecule has 2 N–H and O–H groups in total. The fourth-order valence-electron chi connectivity index (χ4n) is 3.44. The molecule has 98 valence electrons. The van der Waals surface area contributed by atoms with Crippen LogP contribution < -0.4 is 5.73 Å². The maximum absolute atomic E-state index is 13.8. The number of hydrogen-bond acceptors (Lipinski definition) is 2. The van der Waals surface area contributed by atoms with E-state index in [9.17, 15) is 4.39 Å². The van der Waals surface area contributed by atoms with Crippen LogP contribution in [-0.4, -0.2) is 23.0 Å². The zero-order chi connectivity index (χ0) is 12.7. The van der Waals surface area contributed by atoms with Crippen molar-refractivity contribution < 1.29 is 4.39 Å². The van der Waals surface area contributed by atoms with E-state index in [1.54, 1.807) is 12.1 Å². The highest BCUT2D eigenvalue weighted by Gasteiger charge is 2.39. The van der Waals surface area contributed by atoms with Crippen molar-refractivity contribution in [3.8, 4) is 0 Å². The second-order valence-electron chi connectivity index (χ2n) is 5.52. The Hall–Kier alpha value is -0.640. The topological polar surface area (TPSA) is 29.3 Å². The third kappa shape index (κ3) is 2.27. The molecule has 0 aliphatic carbocycles. The highest BCUT2D eigenvalue weighted by molar-refractivity contribution is 6.30. The van der Waals surface area contributed by atoms with Gasteiger partial charge in [-0.25, -0.2) is 4.39 Å². The van der Waals surface area contributed by atoms with E-state index in [0.717, 1.165) is 12.8 Å². The standard InChI is InChI=1S/C14H18ClFN2/c15-10-1-4-14(16)9(5-10)8-18-12-2-3-13(18)7-11(17)6-12/h1,4-5,11-13H,2-3,6-8,17H2. The first kappa shape index (κ1) is 12.4. The molecule has 3 rings (SSSR count). The zero-order valence-corrected chi connectivity index (χ0v) is 11.0. The minimum absolute atomic E-state index is 0.159. The Bertz CT molecular complexity index is 437. The molecule has 2 bridgehead atoms. The van der Waals surface area contributed by atoms with Crippen LogP contribution in [0.5, 0.6) is 0 Å². The van der Waals surface area contributed by atoms with E-state index in [0.29, 0.717) is 35.3 Å². The van der Waals surface area contributed by atoms with Crippen molar-refractivity contribution in [2.45, 2.75) is 50.4 Å². The van der Waals surface area contributed by atoms with Crippen LogP contribution in [0.4, 0.5) is 4.39 Å². The molecule has 18 heavy (non-hydrogen) atoms. The molecule has 2 aliphatic rings. The second kappa shape index (κ2) is 4.80. The van der Waals surface area contributed by atoms with Gasteiger partial charge in [0.1, 0.15) is 5.82 Å². The van der Waals surface area contributed by atoms with Crippen molar-refractivity contribution in [2.24, 2.45) is 5.73 Å². The number of nitrogens with two attached hydrogens (primary N) is 1. The maximum atomic E-state index is 13.8. The maximum Gasteiger partial charge on any atom is 0.127 e. The SMILES string of the molecule is NC1CC2CCC(C1)N2Cc1cc(Cl)ccc1F. The summed E-state index contributed by atoms with van der Waals surface area (Å²) in [7, 11) is 0. The minimum atomic E-state index is -0.159. The monoisotopic (exact) mass is 268 g/mol. The molecule has 2 aliphatic heterocycles. The van der Waals surface area contributed by atoms with Gasteiger partial charge in [-0.15, -0.1) is 0 Å². The van der Waals surface area contributed by atoms with Crippen molar-refractivity contribution in [3.63, 3.8) is 0 Å². The van der Waals surface area contributed by atoms with E-state index in [1.807, 2.05) is 0 Å². The van der Waals surface area contributed by atoms with Gasteiger partial charge in [-0.3, -0.25) is 4.90 Å². The molecule has 0 amide bonds. The first-order chi connectivity index (χ1) is 8.63. The Morgan fingerprint density at radius 2 is 1.94 bits per heavy atom. The van der Waals surface area contributed by atoms with Crippen molar-refractivity contribution >= 4 is 11.6 Å². The van der Waals surface area contributed by atoms with E-state index in [1.165, 1.54) is 18.9 Å². The van der Waals surface area contributed by atoms with Crippen LogP contribution >= 0.6 is 11.6 Å². The van der Waals surface area contributed by atoms with E-state index < -0.39 is 0 Å². The zero-order valence-electron chi connectivity index (χ0n) is 10.3. The summed E-state index contributed by atoms with van der Waals surface area (Å²) in [6, 6.07) is 6.17. The van der Waals surface area contributed by atoms with Gasteiger partial charge >= 0.3 is 0 Å². The molecule has 2 unspecified atom stereocenters. The van der Waals surface area contributed by atoms with Crippen LogP contribution in [-0.2, 0) is 6.54 Å². The van der Waals surface area contributed by atoms with Gasteiger partial charge in [-0.05, 0) is 43.9 Å². The molecule has 2 atom stereocenters. The molecule has 0 spiro atoms. The number of rotatable bonds is 2. The molecular weight excluding hydrogens is 251 g/mol. The van der Waals surface area contributed by atoms with Crippen LogP contribution in [0.3, 0.4) is 0 Å². The molecule has 1 aromatic rings. The molecule has 1 aromatic carbocycles. The van der Waals surface area contributed by atoms with E-state index in [-0.39, 0.29) is 5.82 Å². The fourth-order valence-corrected chi connectivity index (χ4v) is 3.63. The van der Waals surface area contributed by atoms with Crippen molar-refractivity contribution in [1.82, 2.24) is 4.90 Å². The van der Waals surface area contributed by atoms with Gasteiger partial charge in [0.25, 0.3) is 0 Å². The quantitative estimate of drug-likeness (QED) is 0.894. The summed E-state index contributed by atoms with van der Waals surface area (Å²) < 4.78 is 13.8. The van der Waals surface area contributed by atoms with Gasteiger partial charge in [0.15, 0.2) is 0 Å². The predicted molar refractivity (Wildman–Crippen MR) is 71.0 cm³/mol. The second-order valence-corrected chi connectivity index (χ2v) is 5.96. The Labute approximate surface area is 112 Å². The summed E-state index contributed by atoms with van der Waals surface area (Å²) in [5, 5.41) is 0.604. The normalized spacial score (nSPS) is 31.8. The molecule has 2 fully saturated rings. The van der Waals surface area contributed by atoms with Gasteiger partial charge in [0.2, 0.25) is 0 Å². The summed E-state index contributed by atoms with van der Waals surface area (Å²) in [5.74, 6) is -0.159. The summed E-state index contributed by atoms with van der Waals surface area (Å²) in [4.78, 5) is 2.41. The average molecular weight is 269 g/mol. The Morgan fingerprint density at radius 1 is 1.28 bits per heavy atom.